The van der Waals surface area contributed by atoms with E-state index >= 15 is 0 Å². The highest BCUT2D eigenvalue weighted by Crippen LogP contribution is 2.30. The van der Waals surface area contributed by atoms with Gasteiger partial charge in [-0.05, 0) is 31.9 Å². The molecule has 2 heterocycles. The average molecular weight is 468 g/mol. The molecule has 7 nitrogen and oxygen atoms in total. The van der Waals surface area contributed by atoms with Gasteiger partial charge in [-0.3, -0.25) is 9.48 Å². The van der Waals surface area contributed by atoms with Gasteiger partial charge >= 0.3 is 0 Å². The van der Waals surface area contributed by atoms with Crippen LogP contribution < -0.4 is 4.74 Å². The van der Waals surface area contributed by atoms with Gasteiger partial charge in [0.2, 0.25) is 0 Å². The Kier molecular flexibility index (Phi) is 6.56. The Labute approximate surface area is 194 Å². The lowest BCUT2D eigenvalue weighted by Crippen LogP contribution is -2.31. The number of para-hydroxylation sites is 1. The molecule has 174 valence electrons. The number of likely N-dealkylation sites (N-methyl/N-ethyl adjacent to an activating group) is 1. The highest BCUT2D eigenvalue weighted by Gasteiger charge is 2.31. The molecule has 0 N–H and O–H groups in total. The van der Waals surface area contributed by atoms with Crippen LogP contribution in [0.15, 0.2) is 54.6 Å². The molecule has 1 amide bonds. The van der Waals surface area contributed by atoms with E-state index in [4.69, 9.17) is 4.74 Å². The highest BCUT2D eigenvalue weighted by molar-refractivity contribution is 7.91. The number of amides is 1. The second-order valence-electron chi connectivity index (χ2n) is 8.55. The summed E-state index contributed by atoms with van der Waals surface area (Å²) in [6.45, 7) is 4.14. The van der Waals surface area contributed by atoms with Crippen molar-refractivity contribution in [2.75, 3.05) is 25.2 Å². The maximum Gasteiger partial charge on any atom is 0.260 e. The van der Waals surface area contributed by atoms with Crippen molar-refractivity contribution in [2.24, 2.45) is 0 Å². The molecule has 1 aliphatic heterocycles. The smallest absolute Gasteiger partial charge is 0.260 e. The fourth-order valence-corrected chi connectivity index (χ4v) is 5.97. The zero-order valence-corrected chi connectivity index (χ0v) is 20.0. The summed E-state index contributed by atoms with van der Waals surface area (Å²) < 4.78 is 31.5. The second kappa shape index (κ2) is 9.39. The van der Waals surface area contributed by atoms with Crippen LogP contribution in [0.25, 0.3) is 11.1 Å². The van der Waals surface area contributed by atoms with E-state index in [2.05, 4.69) is 5.10 Å². The number of nitrogens with zero attached hydrogens (tertiary/aromatic N) is 3. The van der Waals surface area contributed by atoms with Crippen LogP contribution in [0.3, 0.4) is 0 Å². The van der Waals surface area contributed by atoms with Crippen molar-refractivity contribution in [1.29, 1.82) is 0 Å². The summed E-state index contributed by atoms with van der Waals surface area (Å²) in [4.78, 5) is 14.5. The van der Waals surface area contributed by atoms with Crippen LogP contribution in [0.4, 0.5) is 0 Å². The third kappa shape index (κ3) is 5.11. The van der Waals surface area contributed by atoms with E-state index in [9.17, 15) is 13.2 Å². The van der Waals surface area contributed by atoms with E-state index in [0.29, 0.717) is 18.7 Å². The molecule has 0 unspecified atom stereocenters. The van der Waals surface area contributed by atoms with Gasteiger partial charge in [0.25, 0.3) is 5.91 Å². The number of ether oxygens (including phenoxy) is 1. The number of rotatable bonds is 7. The van der Waals surface area contributed by atoms with Gasteiger partial charge in [-0.2, -0.15) is 5.10 Å². The molecule has 0 saturated carbocycles. The van der Waals surface area contributed by atoms with Gasteiger partial charge in [0.1, 0.15) is 5.75 Å². The largest absolute Gasteiger partial charge is 0.483 e. The third-order valence-corrected chi connectivity index (χ3v) is 7.92. The zero-order valence-electron chi connectivity index (χ0n) is 19.2. The summed E-state index contributed by atoms with van der Waals surface area (Å²) in [7, 11) is -1.26. The summed E-state index contributed by atoms with van der Waals surface area (Å²) in [5, 5.41) is 4.59. The van der Waals surface area contributed by atoms with Crippen LogP contribution in [0.5, 0.6) is 5.75 Å². The molecule has 1 aliphatic rings. The van der Waals surface area contributed by atoms with E-state index in [1.807, 2.05) is 73.1 Å². The number of carbonyl (C=O) groups is 1. The maximum absolute atomic E-state index is 12.8. The van der Waals surface area contributed by atoms with Crippen LogP contribution >= 0.6 is 0 Å². The molecule has 0 aliphatic carbocycles. The van der Waals surface area contributed by atoms with E-state index in [-0.39, 0.29) is 30.1 Å². The fourth-order valence-electron chi connectivity index (χ4n) is 4.27. The van der Waals surface area contributed by atoms with Crippen LogP contribution in [-0.4, -0.2) is 54.2 Å². The van der Waals surface area contributed by atoms with Crippen molar-refractivity contribution in [3.63, 3.8) is 0 Å². The Bertz CT molecular complexity index is 1250. The number of hydrogen-bond acceptors (Lipinski definition) is 5. The van der Waals surface area contributed by atoms with Crippen LogP contribution in [0, 0.1) is 13.8 Å². The summed E-state index contributed by atoms with van der Waals surface area (Å²) in [6, 6.07) is 17.5. The normalized spacial score (nSPS) is 17.1. The van der Waals surface area contributed by atoms with Crippen molar-refractivity contribution in [1.82, 2.24) is 14.7 Å². The Hall–Kier alpha value is -3.13. The van der Waals surface area contributed by atoms with Crippen LogP contribution in [-0.2, 0) is 21.2 Å². The molecule has 1 aromatic heterocycles. The Morgan fingerprint density at radius 1 is 1.12 bits per heavy atom. The molecule has 4 rings (SSSR count). The quantitative estimate of drug-likeness (QED) is 0.531. The molecule has 1 saturated heterocycles. The van der Waals surface area contributed by atoms with E-state index in [1.54, 1.807) is 11.9 Å². The van der Waals surface area contributed by atoms with Gasteiger partial charge in [0, 0.05) is 30.4 Å². The monoisotopic (exact) mass is 467 g/mol. The van der Waals surface area contributed by atoms with Gasteiger partial charge in [-0.15, -0.1) is 0 Å². The third-order valence-electron chi connectivity index (χ3n) is 6.17. The molecule has 33 heavy (non-hydrogen) atoms. The average Bonchev–Trinajstić information content (AvgIpc) is 3.31. The molecule has 1 fully saturated rings. The molecule has 3 aromatic rings. The van der Waals surface area contributed by atoms with Gasteiger partial charge in [0.05, 0.1) is 23.2 Å². The number of hydrogen-bond donors (Lipinski definition) is 0. The lowest BCUT2D eigenvalue weighted by atomic mass is 10.1. The van der Waals surface area contributed by atoms with Gasteiger partial charge in [0.15, 0.2) is 16.4 Å². The molecular formula is C25H29N3O4S. The first kappa shape index (κ1) is 23.0. The lowest BCUT2D eigenvalue weighted by Gasteiger charge is -2.19. The number of aromatic nitrogens is 2. The van der Waals surface area contributed by atoms with Gasteiger partial charge in [-0.1, -0.05) is 48.5 Å². The number of sulfone groups is 1. The summed E-state index contributed by atoms with van der Waals surface area (Å²) >= 11 is 0. The summed E-state index contributed by atoms with van der Waals surface area (Å²) in [5.74, 6) is 0.838. The predicted molar refractivity (Wildman–Crippen MR) is 128 cm³/mol. The fraction of sp³-hybridized carbons (Fsp3) is 0.360. The number of benzene rings is 2. The van der Waals surface area contributed by atoms with Crippen molar-refractivity contribution >= 4 is 15.7 Å². The standard InChI is InChI=1S/C25H29N3O4S/c1-18-23(19(2)28(26-18)21-13-14-33(30,31)17-21)15-27(3)25(29)16-32-24-12-8-7-11-22(24)20-9-5-4-6-10-20/h4-12,21H,13-17H2,1-3H3/t21-/m1/s1. The molecule has 0 spiro atoms. The minimum absolute atomic E-state index is 0.0759. The van der Waals surface area contributed by atoms with Crippen molar-refractivity contribution < 1.29 is 17.9 Å². The Balaban J connectivity index is 1.43. The van der Waals surface area contributed by atoms with Crippen molar-refractivity contribution in [3.05, 3.63) is 71.5 Å². The SMILES string of the molecule is Cc1nn([C@@H]2CCS(=O)(=O)C2)c(C)c1CN(C)C(=O)COc1ccccc1-c1ccccc1. The topological polar surface area (TPSA) is 81.5 Å². The maximum atomic E-state index is 12.8. The first-order valence-electron chi connectivity index (χ1n) is 11.0. The number of carbonyl (C=O) groups excluding carboxylic acids is 1. The number of aryl methyl sites for hydroxylation is 1. The molecule has 1 atom stereocenters. The lowest BCUT2D eigenvalue weighted by molar-refractivity contribution is -0.132. The molecule has 0 radical (unpaired) electrons. The van der Waals surface area contributed by atoms with Crippen molar-refractivity contribution in [2.45, 2.75) is 32.9 Å². The Morgan fingerprint density at radius 2 is 1.82 bits per heavy atom. The predicted octanol–water partition coefficient (Wildman–Crippen LogP) is 3.56. The molecular weight excluding hydrogens is 438 g/mol. The van der Waals surface area contributed by atoms with Gasteiger partial charge in [-0.25, -0.2) is 8.42 Å². The summed E-state index contributed by atoms with van der Waals surface area (Å²) in [5.41, 5.74) is 4.63. The van der Waals surface area contributed by atoms with Gasteiger partial charge < -0.3 is 9.64 Å². The minimum Gasteiger partial charge on any atom is -0.483 e. The second-order valence-corrected chi connectivity index (χ2v) is 10.8. The molecule has 2 aromatic carbocycles. The molecule has 8 heteroatoms. The Morgan fingerprint density at radius 3 is 2.52 bits per heavy atom. The zero-order chi connectivity index (χ0) is 23.6. The van der Waals surface area contributed by atoms with Crippen LogP contribution in [0.2, 0.25) is 0 Å². The highest BCUT2D eigenvalue weighted by atomic mass is 32.2. The molecule has 0 bridgehead atoms. The van der Waals surface area contributed by atoms with Crippen molar-refractivity contribution in [3.8, 4) is 16.9 Å². The first-order chi connectivity index (χ1) is 15.7. The van der Waals surface area contributed by atoms with Crippen LogP contribution in [0.1, 0.15) is 29.4 Å². The minimum atomic E-state index is -3.00. The van der Waals surface area contributed by atoms with E-state index in [1.165, 1.54) is 0 Å². The van der Waals surface area contributed by atoms with E-state index in [0.717, 1.165) is 28.1 Å². The first-order valence-corrected chi connectivity index (χ1v) is 12.8. The summed E-state index contributed by atoms with van der Waals surface area (Å²) in [6.07, 6.45) is 0.577. The van der Waals surface area contributed by atoms with E-state index < -0.39 is 9.84 Å².